The van der Waals surface area contributed by atoms with Gasteiger partial charge in [-0.3, -0.25) is 0 Å². The van der Waals surface area contributed by atoms with Crippen LogP contribution in [0.4, 0.5) is 0 Å². The van der Waals surface area contributed by atoms with Crippen LogP contribution in [0.3, 0.4) is 0 Å². The van der Waals surface area contributed by atoms with Crippen LogP contribution in [0.25, 0.3) is 0 Å². The van der Waals surface area contributed by atoms with E-state index in [1.54, 1.807) is 0 Å². The number of hydrogen-bond donors (Lipinski definition) is 2. The normalized spacial score (nSPS) is 14.1. The Kier molecular flexibility index (Phi) is 5.58. The van der Waals surface area contributed by atoms with E-state index in [0.29, 0.717) is 0 Å². The average molecular weight is 148 g/mol. The van der Waals surface area contributed by atoms with E-state index < -0.39 is 6.48 Å². The summed E-state index contributed by atoms with van der Waals surface area (Å²) in [5.41, 5.74) is 0. The largest absolute Gasteiger partial charge is 0.346 e. The smallest absolute Gasteiger partial charge is 0.266 e. The highest BCUT2D eigenvalue weighted by molar-refractivity contribution is 4.52. The molecule has 0 aromatic rings. The van der Waals surface area contributed by atoms with Gasteiger partial charge in [0.05, 0.1) is 6.10 Å². The lowest BCUT2D eigenvalue weighted by Gasteiger charge is -2.15. The first-order valence-corrected chi connectivity index (χ1v) is 3.72. The predicted molar refractivity (Wildman–Crippen MR) is 38.3 cm³/mol. The van der Waals surface area contributed by atoms with Crippen molar-refractivity contribution in [3.63, 3.8) is 0 Å². The van der Waals surface area contributed by atoms with Crippen molar-refractivity contribution in [1.82, 2.24) is 0 Å². The lowest BCUT2D eigenvalue weighted by Crippen LogP contribution is -2.20. The van der Waals surface area contributed by atoms with Crippen LogP contribution in [-0.4, -0.2) is 22.8 Å². The maximum atomic E-state index is 8.41. The number of aliphatic hydroxyl groups excluding tert-OH is 1. The van der Waals surface area contributed by atoms with E-state index in [2.05, 4.69) is 0 Å². The average Bonchev–Trinajstić information content (AvgIpc) is 1.86. The minimum atomic E-state index is -1.61. The van der Waals surface area contributed by atoms with Crippen molar-refractivity contribution in [3.05, 3.63) is 0 Å². The summed E-state index contributed by atoms with van der Waals surface area (Å²) < 4.78 is 4.75. The van der Waals surface area contributed by atoms with E-state index in [0.717, 1.165) is 19.3 Å². The highest BCUT2D eigenvalue weighted by Gasteiger charge is 2.08. The van der Waals surface area contributed by atoms with Crippen LogP contribution in [0.1, 0.15) is 33.1 Å². The fraction of sp³-hybridized carbons (Fsp3) is 1.00. The topological polar surface area (TPSA) is 49.7 Å². The molecule has 0 radical (unpaired) electrons. The van der Waals surface area contributed by atoms with Crippen molar-refractivity contribution < 1.29 is 14.9 Å². The fourth-order valence-corrected chi connectivity index (χ4v) is 0.862. The van der Waals surface area contributed by atoms with Gasteiger partial charge < -0.3 is 14.9 Å². The SMILES string of the molecule is CCCC(CC)OC(O)O. The van der Waals surface area contributed by atoms with Crippen LogP contribution < -0.4 is 0 Å². The van der Waals surface area contributed by atoms with Crippen molar-refractivity contribution in [1.29, 1.82) is 0 Å². The Bertz CT molecular complexity index is 73.3. The summed E-state index contributed by atoms with van der Waals surface area (Å²) in [5.74, 6) is 0. The molecule has 0 rings (SSSR count). The van der Waals surface area contributed by atoms with E-state index in [4.69, 9.17) is 14.9 Å². The first kappa shape index (κ1) is 9.88. The van der Waals surface area contributed by atoms with Crippen LogP contribution in [0.15, 0.2) is 0 Å². The third-order valence-corrected chi connectivity index (χ3v) is 1.38. The number of ether oxygens (including phenoxy) is 1. The maximum Gasteiger partial charge on any atom is 0.266 e. The highest BCUT2D eigenvalue weighted by atomic mass is 16.7. The van der Waals surface area contributed by atoms with Gasteiger partial charge in [-0.2, -0.15) is 0 Å². The monoisotopic (exact) mass is 148 g/mol. The van der Waals surface area contributed by atoms with Crippen molar-refractivity contribution in [2.45, 2.75) is 45.7 Å². The Morgan fingerprint density at radius 1 is 1.30 bits per heavy atom. The molecule has 0 aliphatic heterocycles. The van der Waals surface area contributed by atoms with Gasteiger partial charge in [-0.05, 0) is 12.8 Å². The minimum absolute atomic E-state index is 0.00926. The molecule has 0 aromatic heterocycles. The molecule has 1 unspecified atom stereocenters. The van der Waals surface area contributed by atoms with Gasteiger partial charge in [0.2, 0.25) is 0 Å². The molecule has 0 saturated heterocycles. The number of hydrogen-bond acceptors (Lipinski definition) is 3. The molecule has 0 bridgehead atoms. The number of aliphatic hydroxyl groups is 2. The lowest BCUT2D eigenvalue weighted by atomic mass is 10.2. The van der Waals surface area contributed by atoms with Crippen LogP contribution >= 0.6 is 0 Å². The Labute approximate surface area is 61.6 Å². The molecule has 0 fully saturated rings. The van der Waals surface area contributed by atoms with Crippen LogP contribution in [0, 0.1) is 0 Å². The van der Waals surface area contributed by atoms with E-state index >= 15 is 0 Å². The molecular formula is C7H16O3. The molecule has 0 amide bonds. The second-order valence-corrected chi connectivity index (χ2v) is 2.28. The van der Waals surface area contributed by atoms with E-state index in [9.17, 15) is 0 Å². The molecule has 1 atom stereocenters. The summed E-state index contributed by atoms with van der Waals surface area (Å²) in [6.45, 7) is 2.38. The van der Waals surface area contributed by atoms with Crippen molar-refractivity contribution in [3.8, 4) is 0 Å². The zero-order valence-corrected chi connectivity index (χ0v) is 6.58. The van der Waals surface area contributed by atoms with Crippen molar-refractivity contribution in [2.24, 2.45) is 0 Å². The molecule has 0 aliphatic rings. The van der Waals surface area contributed by atoms with Gasteiger partial charge in [0, 0.05) is 0 Å². The first-order chi connectivity index (χ1) is 4.70. The fourth-order valence-electron chi connectivity index (χ4n) is 0.862. The van der Waals surface area contributed by atoms with Gasteiger partial charge >= 0.3 is 0 Å². The van der Waals surface area contributed by atoms with Gasteiger partial charge in [0.25, 0.3) is 6.48 Å². The molecule has 0 aliphatic carbocycles. The Morgan fingerprint density at radius 2 is 1.90 bits per heavy atom. The minimum Gasteiger partial charge on any atom is -0.346 e. The van der Waals surface area contributed by atoms with E-state index in [1.807, 2.05) is 13.8 Å². The maximum absolute atomic E-state index is 8.41. The van der Waals surface area contributed by atoms with Crippen LogP contribution in [0.2, 0.25) is 0 Å². The summed E-state index contributed by atoms with van der Waals surface area (Å²) >= 11 is 0. The molecule has 0 aromatic carbocycles. The van der Waals surface area contributed by atoms with E-state index in [-0.39, 0.29) is 6.10 Å². The molecule has 0 saturated carbocycles. The molecule has 0 spiro atoms. The van der Waals surface area contributed by atoms with E-state index in [1.165, 1.54) is 0 Å². The third-order valence-electron chi connectivity index (χ3n) is 1.38. The Balaban J connectivity index is 3.39. The molecule has 0 heterocycles. The second-order valence-electron chi connectivity index (χ2n) is 2.28. The summed E-state index contributed by atoms with van der Waals surface area (Å²) in [6.07, 6.45) is 2.70. The standard InChI is InChI=1S/C7H16O3/c1-3-5-6(4-2)10-7(8)9/h6-9H,3-5H2,1-2H3. The molecule has 62 valence electrons. The highest BCUT2D eigenvalue weighted by Crippen LogP contribution is 2.06. The van der Waals surface area contributed by atoms with Gasteiger partial charge in [-0.15, -0.1) is 0 Å². The zero-order chi connectivity index (χ0) is 7.98. The molecule has 3 nitrogen and oxygen atoms in total. The zero-order valence-electron chi connectivity index (χ0n) is 6.58. The Hall–Kier alpha value is -0.120. The third kappa shape index (κ3) is 4.73. The summed E-state index contributed by atoms with van der Waals surface area (Å²) in [6, 6.07) is 0. The van der Waals surface area contributed by atoms with Gasteiger partial charge in [0.15, 0.2) is 0 Å². The summed E-state index contributed by atoms with van der Waals surface area (Å²) in [7, 11) is 0. The van der Waals surface area contributed by atoms with Crippen molar-refractivity contribution >= 4 is 0 Å². The predicted octanol–water partition coefficient (Wildman–Crippen LogP) is 0.850. The molecule has 3 heteroatoms. The molecule has 10 heavy (non-hydrogen) atoms. The number of rotatable bonds is 5. The van der Waals surface area contributed by atoms with Gasteiger partial charge in [-0.1, -0.05) is 20.3 Å². The van der Waals surface area contributed by atoms with Gasteiger partial charge in [0.1, 0.15) is 0 Å². The summed E-state index contributed by atoms with van der Waals surface area (Å²) in [4.78, 5) is 0. The van der Waals surface area contributed by atoms with Crippen molar-refractivity contribution in [2.75, 3.05) is 0 Å². The quantitative estimate of drug-likeness (QED) is 0.568. The lowest BCUT2D eigenvalue weighted by molar-refractivity contribution is -0.257. The second kappa shape index (κ2) is 5.65. The Morgan fingerprint density at radius 3 is 2.20 bits per heavy atom. The first-order valence-electron chi connectivity index (χ1n) is 3.72. The van der Waals surface area contributed by atoms with Crippen LogP contribution in [0.5, 0.6) is 0 Å². The molecule has 2 N–H and O–H groups in total. The van der Waals surface area contributed by atoms with Crippen LogP contribution in [-0.2, 0) is 4.74 Å². The summed E-state index contributed by atoms with van der Waals surface area (Å²) in [5, 5.41) is 16.8. The van der Waals surface area contributed by atoms with Gasteiger partial charge in [-0.25, -0.2) is 0 Å². The molecular weight excluding hydrogens is 132 g/mol.